The van der Waals surface area contributed by atoms with Gasteiger partial charge in [-0.2, -0.15) is 0 Å². The molecule has 1 rings (SSSR count). The van der Waals surface area contributed by atoms with Crippen LogP contribution >= 0.6 is 0 Å². The van der Waals surface area contributed by atoms with Crippen molar-refractivity contribution in [2.75, 3.05) is 13.1 Å². The van der Waals surface area contributed by atoms with E-state index >= 15 is 0 Å². The molecule has 0 aromatic carbocycles. The van der Waals surface area contributed by atoms with Crippen LogP contribution in [0.15, 0.2) is 16.5 Å². The van der Waals surface area contributed by atoms with Crippen LogP contribution in [0.1, 0.15) is 32.3 Å². The molecule has 3 nitrogen and oxygen atoms in total. The molecule has 1 N–H and O–H groups in total. The van der Waals surface area contributed by atoms with Crippen LogP contribution in [0.4, 0.5) is 0 Å². The third-order valence-corrected chi connectivity index (χ3v) is 2.32. The Morgan fingerprint density at radius 1 is 1.33 bits per heavy atom. The molecular weight excluding hydrogens is 190 g/mol. The molecule has 86 valence electrons. The van der Waals surface area contributed by atoms with Crippen LogP contribution in [0.5, 0.6) is 0 Å². The summed E-state index contributed by atoms with van der Waals surface area (Å²) in [7, 11) is 0. The summed E-state index contributed by atoms with van der Waals surface area (Å²) in [5.41, 5.74) is 0. The van der Waals surface area contributed by atoms with Crippen molar-refractivity contribution in [3.63, 3.8) is 0 Å². The standard InChI is InChI=1S/C12H21NO2/c1-4-13(7-10(2)3)8-11-5-6-12(9-14)15-11/h5-6,10,14H,4,7-9H2,1-3H3. The highest BCUT2D eigenvalue weighted by Gasteiger charge is 2.08. The van der Waals surface area contributed by atoms with Crippen LogP contribution in [0, 0.1) is 5.92 Å². The zero-order valence-electron chi connectivity index (χ0n) is 9.86. The van der Waals surface area contributed by atoms with E-state index in [1.807, 2.05) is 12.1 Å². The summed E-state index contributed by atoms with van der Waals surface area (Å²) in [6.07, 6.45) is 0. The topological polar surface area (TPSA) is 36.6 Å². The molecule has 0 saturated carbocycles. The number of rotatable bonds is 6. The number of furan rings is 1. The number of aliphatic hydroxyl groups is 1. The monoisotopic (exact) mass is 211 g/mol. The molecule has 0 radical (unpaired) electrons. The summed E-state index contributed by atoms with van der Waals surface area (Å²) in [4.78, 5) is 2.34. The van der Waals surface area contributed by atoms with Crippen molar-refractivity contribution < 1.29 is 9.52 Å². The van der Waals surface area contributed by atoms with Crippen molar-refractivity contribution in [3.05, 3.63) is 23.7 Å². The minimum Gasteiger partial charge on any atom is -0.462 e. The van der Waals surface area contributed by atoms with E-state index in [0.29, 0.717) is 11.7 Å². The fraction of sp³-hybridized carbons (Fsp3) is 0.667. The maximum Gasteiger partial charge on any atom is 0.129 e. The number of nitrogens with zero attached hydrogens (tertiary/aromatic N) is 1. The third-order valence-electron chi connectivity index (χ3n) is 2.32. The Hall–Kier alpha value is -0.800. The average Bonchev–Trinajstić information content (AvgIpc) is 2.64. The van der Waals surface area contributed by atoms with Gasteiger partial charge in [0.15, 0.2) is 0 Å². The molecule has 0 amide bonds. The lowest BCUT2D eigenvalue weighted by molar-refractivity contribution is 0.211. The van der Waals surface area contributed by atoms with Crippen LogP contribution in [-0.2, 0) is 13.2 Å². The molecule has 0 aliphatic rings. The van der Waals surface area contributed by atoms with E-state index in [2.05, 4.69) is 25.7 Å². The zero-order chi connectivity index (χ0) is 11.3. The molecule has 15 heavy (non-hydrogen) atoms. The Morgan fingerprint density at radius 3 is 2.47 bits per heavy atom. The first-order valence-corrected chi connectivity index (χ1v) is 5.56. The molecule has 1 heterocycles. The van der Waals surface area contributed by atoms with Crippen molar-refractivity contribution >= 4 is 0 Å². The number of aliphatic hydroxyl groups excluding tert-OH is 1. The molecular formula is C12H21NO2. The highest BCUT2D eigenvalue weighted by atomic mass is 16.4. The van der Waals surface area contributed by atoms with Gasteiger partial charge in [0, 0.05) is 6.54 Å². The molecule has 0 atom stereocenters. The van der Waals surface area contributed by atoms with Crippen molar-refractivity contribution in [1.82, 2.24) is 4.90 Å². The second-order valence-corrected chi connectivity index (χ2v) is 4.25. The minimum absolute atomic E-state index is 0.0176. The van der Waals surface area contributed by atoms with Crippen LogP contribution < -0.4 is 0 Å². The first kappa shape index (κ1) is 12.3. The quantitative estimate of drug-likeness (QED) is 0.784. The molecule has 1 aromatic heterocycles. The van der Waals surface area contributed by atoms with E-state index in [0.717, 1.165) is 25.4 Å². The van der Waals surface area contributed by atoms with E-state index in [1.54, 1.807) is 0 Å². The first-order valence-electron chi connectivity index (χ1n) is 5.56. The second kappa shape index (κ2) is 5.93. The van der Waals surface area contributed by atoms with E-state index in [4.69, 9.17) is 9.52 Å². The fourth-order valence-electron chi connectivity index (χ4n) is 1.63. The summed E-state index contributed by atoms with van der Waals surface area (Å²) >= 11 is 0. The van der Waals surface area contributed by atoms with Gasteiger partial charge in [-0.15, -0.1) is 0 Å². The Balaban J connectivity index is 2.50. The van der Waals surface area contributed by atoms with E-state index in [-0.39, 0.29) is 6.61 Å². The average molecular weight is 211 g/mol. The van der Waals surface area contributed by atoms with Gasteiger partial charge in [-0.1, -0.05) is 20.8 Å². The SMILES string of the molecule is CCN(Cc1ccc(CO)o1)CC(C)C. The predicted octanol–water partition coefficient (Wildman–Crippen LogP) is 2.25. The Morgan fingerprint density at radius 2 is 2.00 bits per heavy atom. The molecule has 0 unspecified atom stereocenters. The highest BCUT2D eigenvalue weighted by molar-refractivity contribution is 5.06. The molecule has 3 heteroatoms. The van der Waals surface area contributed by atoms with Crippen molar-refractivity contribution in [2.24, 2.45) is 5.92 Å². The lowest BCUT2D eigenvalue weighted by Crippen LogP contribution is -2.26. The summed E-state index contributed by atoms with van der Waals surface area (Å²) in [5, 5.41) is 8.88. The highest BCUT2D eigenvalue weighted by Crippen LogP contribution is 2.11. The minimum atomic E-state index is -0.0176. The lowest BCUT2D eigenvalue weighted by Gasteiger charge is -2.21. The molecule has 0 aliphatic carbocycles. The maximum absolute atomic E-state index is 8.88. The summed E-state index contributed by atoms with van der Waals surface area (Å²) in [6, 6.07) is 3.77. The fourth-order valence-corrected chi connectivity index (χ4v) is 1.63. The van der Waals surface area contributed by atoms with Crippen molar-refractivity contribution in [2.45, 2.75) is 33.9 Å². The summed E-state index contributed by atoms with van der Waals surface area (Å²) in [6.45, 7) is 9.48. The second-order valence-electron chi connectivity index (χ2n) is 4.25. The van der Waals surface area contributed by atoms with E-state index in [1.165, 1.54) is 0 Å². The van der Waals surface area contributed by atoms with Gasteiger partial charge in [0.05, 0.1) is 6.54 Å². The number of hydrogen-bond acceptors (Lipinski definition) is 3. The summed E-state index contributed by atoms with van der Waals surface area (Å²) in [5.74, 6) is 2.24. The largest absolute Gasteiger partial charge is 0.462 e. The Labute approximate surface area is 91.7 Å². The lowest BCUT2D eigenvalue weighted by atomic mass is 10.2. The summed E-state index contributed by atoms with van der Waals surface area (Å²) < 4.78 is 5.46. The van der Waals surface area contributed by atoms with Crippen LogP contribution in [0.3, 0.4) is 0 Å². The van der Waals surface area contributed by atoms with E-state index in [9.17, 15) is 0 Å². The Kier molecular flexibility index (Phi) is 4.85. The smallest absolute Gasteiger partial charge is 0.129 e. The van der Waals surface area contributed by atoms with Crippen LogP contribution in [-0.4, -0.2) is 23.1 Å². The van der Waals surface area contributed by atoms with Gasteiger partial charge < -0.3 is 9.52 Å². The predicted molar refractivity (Wildman–Crippen MR) is 60.4 cm³/mol. The Bertz CT molecular complexity index is 281. The zero-order valence-corrected chi connectivity index (χ0v) is 9.86. The third kappa shape index (κ3) is 4.06. The van der Waals surface area contributed by atoms with Gasteiger partial charge in [-0.05, 0) is 24.6 Å². The van der Waals surface area contributed by atoms with Gasteiger partial charge in [-0.3, -0.25) is 4.90 Å². The normalized spacial score (nSPS) is 11.6. The molecule has 0 fully saturated rings. The van der Waals surface area contributed by atoms with Gasteiger partial charge >= 0.3 is 0 Å². The van der Waals surface area contributed by atoms with Gasteiger partial charge in [-0.25, -0.2) is 0 Å². The van der Waals surface area contributed by atoms with Gasteiger partial charge in [0.2, 0.25) is 0 Å². The first-order chi connectivity index (χ1) is 7.15. The molecule has 0 spiro atoms. The van der Waals surface area contributed by atoms with Crippen molar-refractivity contribution in [1.29, 1.82) is 0 Å². The number of hydrogen-bond donors (Lipinski definition) is 1. The van der Waals surface area contributed by atoms with Crippen molar-refractivity contribution in [3.8, 4) is 0 Å². The molecule has 0 saturated heterocycles. The molecule has 0 aliphatic heterocycles. The maximum atomic E-state index is 8.88. The van der Waals surface area contributed by atoms with Crippen LogP contribution in [0.25, 0.3) is 0 Å². The molecule has 1 aromatic rings. The van der Waals surface area contributed by atoms with E-state index < -0.39 is 0 Å². The molecule has 0 bridgehead atoms. The van der Waals surface area contributed by atoms with Crippen LogP contribution in [0.2, 0.25) is 0 Å². The van der Waals surface area contributed by atoms with Gasteiger partial charge in [0.1, 0.15) is 18.1 Å². The van der Waals surface area contributed by atoms with Gasteiger partial charge in [0.25, 0.3) is 0 Å².